The molecule has 1 aliphatic heterocycles. The molecule has 10 heteroatoms. The highest BCUT2D eigenvalue weighted by atomic mass is 16.7. The summed E-state index contributed by atoms with van der Waals surface area (Å²) in [4.78, 5) is 13.0. The van der Waals surface area contributed by atoms with Crippen LogP contribution in [0.4, 0.5) is 0 Å². The SMILES string of the molecule is CCCCCCC/C=C/CC/C=C/CC/C=C/C(O)C(COC1OC(CO)C(O)C(O)C1O)NC(=O)C(O)CCCCCCCCCCCCCCC. The zero-order chi connectivity index (χ0) is 38.9. The Labute approximate surface area is 322 Å². The number of hydrogen-bond acceptors (Lipinski definition) is 9. The molecule has 8 unspecified atom stereocenters. The third-order valence-corrected chi connectivity index (χ3v) is 10.1. The molecule has 53 heavy (non-hydrogen) atoms. The van der Waals surface area contributed by atoms with Gasteiger partial charge in [0.15, 0.2) is 6.29 Å². The second kappa shape index (κ2) is 33.7. The Balaban J connectivity index is 2.52. The number of aliphatic hydroxyl groups excluding tert-OH is 6. The van der Waals surface area contributed by atoms with Crippen LogP contribution in [0.15, 0.2) is 36.5 Å². The molecule has 310 valence electrons. The number of hydrogen-bond donors (Lipinski definition) is 7. The van der Waals surface area contributed by atoms with Crippen molar-refractivity contribution in [2.45, 2.75) is 217 Å². The van der Waals surface area contributed by atoms with Crippen LogP contribution in [-0.4, -0.2) is 98.7 Å². The van der Waals surface area contributed by atoms with Crippen molar-refractivity contribution >= 4 is 5.91 Å². The van der Waals surface area contributed by atoms with Gasteiger partial charge in [-0.25, -0.2) is 0 Å². The molecule has 0 aromatic rings. The van der Waals surface area contributed by atoms with Crippen molar-refractivity contribution in [2.75, 3.05) is 13.2 Å². The van der Waals surface area contributed by atoms with Crippen LogP contribution < -0.4 is 5.32 Å². The lowest BCUT2D eigenvalue weighted by molar-refractivity contribution is -0.302. The van der Waals surface area contributed by atoms with Crippen molar-refractivity contribution in [1.82, 2.24) is 5.32 Å². The number of unbranched alkanes of at least 4 members (excludes halogenated alkanes) is 19. The van der Waals surface area contributed by atoms with E-state index in [0.29, 0.717) is 19.3 Å². The average Bonchev–Trinajstić information content (AvgIpc) is 3.16. The van der Waals surface area contributed by atoms with E-state index in [4.69, 9.17) is 9.47 Å². The van der Waals surface area contributed by atoms with Gasteiger partial charge in [0.05, 0.1) is 25.4 Å². The summed E-state index contributed by atoms with van der Waals surface area (Å²) in [7, 11) is 0. The lowest BCUT2D eigenvalue weighted by Gasteiger charge is -2.40. The van der Waals surface area contributed by atoms with Crippen LogP contribution in [0.2, 0.25) is 0 Å². The molecule has 0 aromatic carbocycles. The Kier molecular flexibility index (Phi) is 31.4. The Bertz CT molecular complexity index is 943. The Hall–Kier alpha value is -1.63. The second-order valence-electron chi connectivity index (χ2n) is 14.9. The van der Waals surface area contributed by atoms with E-state index in [1.54, 1.807) is 6.08 Å². The molecule has 10 nitrogen and oxygen atoms in total. The molecule has 1 saturated heterocycles. The first-order valence-electron chi connectivity index (χ1n) is 21.3. The third kappa shape index (κ3) is 24.5. The molecule has 1 fully saturated rings. The summed E-state index contributed by atoms with van der Waals surface area (Å²) in [5.41, 5.74) is 0. The van der Waals surface area contributed by atoms with Gasteiger partial charge < -0.3 is 45.4 Å². The second-order valence-corrected chi connectivity index (χ2v) is 14.9. The van der Waals surface area contributed by atoms with Crippen molar-refractivity contribution in [1.29, 1.82) is 0 Å². The molecule has 0 spiro atoms. The van der Waals surface area contributed by atoms with Gasteiger partial charge in [-0.3, -0.25) is 4.79 Å². The minimum Gasteiger partial charge on any atom is -0.394 e. The molecule has 1 amide bonds. The Morgan fingerprint density at radius 3 is 1.64 bits per heavy atom. The molecular weight excluding hydrogens is 674 g/mol. The molecular formula is C43H79NO9. The topological polar surface area (TPSA) is 169 Å². The highest BCUT2D eigenvalue weighted by Crippen LogP contribution is 2.22. The zero-order valence-electron chi connectivity index (χ0n) is 33.4. The molecule has 1 rings (SSSR count). The zero-order valence-corrected chi connectivity index (χ0v) is 33.4. The van der Waals surface area contributed by atoms with Crippen LogP contribution in [0.5, 0.6) is 0 Å². The first-order valence-corrected chi connectivity index (χ1v) is 21.3. The van der Waals surface area contributed by atoms with E-state index in [9.17, 15) is 35.4 Å². The first-order chi connectivity index (χ1) is 25.8. The maximum atomic E-state index is 13.0. The first kappa shape index (κ1) is 49.4. The molecule has 0 radical (unpaired) electrons. The number of rotatable bonds is 34. The van der Waals surface area contributed by atoms with Gasteiger partial charge in [0, 0.05) is 0 Å². The summed E-state index contributed by atoms with van der Waals surface area (Å²) < 4.78 is 11.1. The number of allylic oxidation sites excluding steroid dienone is 5. The summed E-state index contributed by atoms with van der Waals surface area (Å²) in [6, 6.07) is -0.999. The van der Waals surface area contributed by atoms with Crippen LogP contribution in [0.1, 0.15) is 168 Å². The summed E-state index contributed by atoms with van der Waals surface area (Å²) in [5, 5.41) is 64.4. The molecule has 1 heterocycles. The van der Waals surface area contributed by atoms with Gasteiger partial charge in [0.1, 0.15) is 30.5 Å². The third-order valence-electron chi connectivity index (χ3n) is 10.1. The van der Waals surface area contributed by atoms with Gasteiger partial charge in [-0.15, -0.1) is 0 Å². The summed E-state index contributed by atoms with van der Waals surface area (Å²) in [5.74, 6) is -0.632. The van der Waals surface area contributed by atoms with Gasteiger partial charge in [0.2, 0.25) is 5.91 Å². The van der Waals surface area contributed by atoms with Crippen LogP contribution in [-0.2, 0) is 14.3 Å². The molecule has 7 N–H and O–H groups in total. The van der Waals surface area contributed by atoms with Gasteiger partial charge in [-0.2, -0.15) is 0 Å². The fourth-order valence-electron chi connectivity index (χ4n) is 6.49. The summed E-state index contributed by atoms with van der Waals surface area (Å²) >= 11 is 0. The number of carbonyl (C=O) groups excluding carboxylic acids is 1. The highest BCUT2D eigenvalue weighted by Gasteiger charge is 2.44. The Morgan fingerprint density at radius 2 is 1.11 bits per heavy atom. The van der Waals surface area contributed by atoms with Gasteiger partial charge in [-0.1, -0.05) is 159 Å². The number of amides is 1. The molecule has 0 aliphatic carbocycles. The van der Waals surface area contributed by atoms with Crippen molar-refractivity contribution in [2.24, 2.45) is 0 Å². The predicted molar refractivity (Wildman–Crippen MR) is 213 cm³/mol. The van der Waals surface area contributed by atoms with Gasteiger partial charge in [0.25, 0.3) is 0 Å². The maximum Gasteiger partial charge on any atom is 0.249 e. The quantitative estimate of drug-likeness (QED) is 0.0268. The summed E-state index contributed by atoms with van der Waals surface area (Å²) in [6.45, 7) is 3.54. The molecule has 0 bridgehead atoms. The minimum atomic E-state index is -1.62. The number of ether oxygens (including phenoxy) is 2. The largest absolute Gasteiger partial charge is 0.394 e. The van der Waals surface area contributed by atoms with Crippen molar-refractivity contribution in [3.8, 4) is 0 Å². The molecule has 8 atom stereocenters. The molecule has 0 aromatic heterocycles. The van der Waals surface area contributed by atoms with Crippen molar-refractivity contribution < 1.29 is 44.9 Å². The van der Waals surface area contributed by atoms with E-state index in [-0.39, 0.29) is 6.61 Å². The van der Waals surface area contributed by atoms with E-state index < -0.39 is 61.5 Å². The van der Waals surface area contributed by atoms with Crippen LogP contribution in [0.25, 0.3) is 0 Å². The summed E-state index contributed by atoms with van der Waals surface area (Å²) in [6.07, 6.45) is 29.4. The van der Waals surface area contributed by atoms with Crippen LogP contribution in [0.3, 0.4) is 0 Å². The van der Waals surface area contributed by atoms with Crippen molar-refractivity contribution in [3.63, 3.8) is 0 Å². The standard InChI is InChI=1S/C43H79NO9/c1-3-5-7-9-11-13-15-17-18-20-21-23-25-27-29-31-36(46)35(34-52-43-41(50)40(49)39(48)38(33-45)53-43)44-42(51)37(47)32-30-28-26-24-22-19-16-14-12-10-8-6-4-2/h15,17,21,23,29,31,35-41,43,45-50H,3-14,16,18-20,22,24-28,30,32-34H2,1-2H3,(H,44,51)/b17-15+,23-21+,31-29+. The average molecular weight is 754 g/mol. The van der Waals surface area contributed by atoms with E-state index >= 15 is 0 Å². The highest BCUT2D eigenvalue weighted by molar-refractivity contribution is 5.80. The van der Waals surface area contributed by atoms with E-state index in [1.165, 1.54) is 89.9 Å². The van der Waals surface area contributed by atoms with E-state index in [0.717, 1.165) is 44.9 Å². The number of carbonyl (C=O) groups is 1. The maximum absolute atomic E-state index is 13.0. The van der Waals surface area contributed by atoms with Crippen molar-refractivity contribution in [3.05, 3.63) is 36.5 Å². The fraction of sp³-hybridized carbons (Fsp3) is 0.837. The minimum absolute atomic E-state index is 0.303. The molecule has 0 saturated carbocycles. The van der Waals surface area contributed by atoms with E-state index in [2.05, 4.69) is 43.5 Å². The lowest BCUT2D eigenvalue weighted by atomic mass is 9.99. The predicted octanol–water partition coefficient (Wildman–Crippen LogP) is 7.08. The monoisotopic (exact) mass is 754 g/mol. The number of nitrogens with one attached hydrogen (secondary N) is 1. The Morgan fingerprint density at radius 1 is 0.642 bits per heavy atom. The fourth-order valence-corrected chi connectivity index (χ4v) is 6.49. The van der Waals surface area contributed by atoms with Crippen LogP contribution in [0, 0.1) is 0 Å². The number of aliphatic hydroxyl groups is 6. The normalized spacial score (nSPS) is 22.6. The lowest BCUT2D eigenvalue weighted by Crippen LogP contribution is -2.60. The molecule has 1 aliphatic rings. The van der Waals surface area contributed by atoms with E-state index in [1.807, 2.05) is 6.08 Å². The van der Waals surface area contributed by atoms with Crippen LogP contribution >= 0.6 is 0 Å². The smallest absolute Gasteiger partial charge is 0.249 e. The van der Waals surface area contributed by atoms with Gasteiger partial charge >= 0.3 is 0 Å². The van der Waals surface area contributed by atoms with Gasteiger partial charge in [-0.05, 0) is 44.9 Å².